The summed E-state index contributed by atoms with van der Waals surface area (Å²) >= 11 is 0. The van der Waals surface area contributed by atoms with Gasteiger partial charge >= 0.3 is 0 Å². The van der Waals surface area contributed by atoms with Crippen molar-refractivity contribution in [3.8, 4) is 33.8 Å². The Bertz CT molecular complexity index is 3610. The van der Waals surface area contributed by atoms with Crippen LogP contribution in [0.3, 0.4) is 0 Å². The van der Waals surface area contributed by atoms with E-state index in [1.807, 2.05) is 6.07 Å². The van der Waals surface area contributed by atoms with Gasteiger partial charge in [-0.3, -0.25) is 0 Å². The first-order valence-corrected chi connectivity index (χ1v) is 20.1. The van der Waals surface area contributed by atoms with Gasteiger partial charge in [-0.15, -0.1) is 0 Å². The van der Waals surface area contributed by atoms with Crippen LogP contribution in [0.4, 0.5) is 0 Å². The molecule has 0 atom stereocenters. The molecule has 0 unspecified atom stereocenters. The Morgan fingerprint density at radius 2 is 0.831 bits per heavy atom. The molecule has 0 aliphatic rings. The summed E-state index contributed by atoms with van der Waals surface area (Å²) in [7, 11) is 0. The minimum Gasteiger partial charge on any atom is -0.455 e. The average Bonchev–Trinajstić information content (AvgIpc) is 3.97. The van der Waals surface area contributed by atoms with E-state index in [0.717, 1.165) is 72.0 Å². The minimum absolute atomic E-state index is 0.863. The molecule has 0 bridgehead atoms. The molecule has 4 heteroatoms. The van der Waals surface area contributed by atoms with E-state index in [-0.39, 0.29) is 0 Å². The van der Waals surface area contributed by atoms with Gasteiger partial charge in [0.15, 0.2) is 0 Å². The molecule has 4 aromatic heterocycles. The molecule has 13 aromatic rings. The second-order valence-electron chi connectivity index (χ2n) is 15.5. The van der Waals surface area contributed by atoms with Crippen LogP contribution in [0.1, 0.15) is 0 Å². The number of aromatic nitrogens is 3. The highest BCUT2D eigenvalue weighted by molar-refractivity contribution is 6.25. The Kier molecular flexibility index (Phi) is 6.69. The number of para-hydroxylation sites is 5. The summed E-state index contributed by atoms with van der Waals surface area (Å²) in [6, 6.07) is 72.0. The van der Waals surface area contributed by atoms with Gasteiger partial charge < -0.3 is 13.6 Å². The van der Waals surface area contributed by atoms with Crippen molar-refractivity contribution in [2.24, 2.45) is 0 Å². The number of benzene rings is 9. The van der Waals surface area contributed by atoms with Gasteiger partial charge in [-0.1, -0.05) is 146 Å². The van der Waals surface area contributed by atoms with Gasteiger partial charge in [0.1, 0.15) is 11.2 Å². The number of hydrogen-bond donors (Lipinski definition) is 0. The molecule has 4 nitrogen and oxygen atoms in total. The highest BCUT2D eigenvalue weighted by Crippen LogP contribution is 2.43. The van der Waals surface area contributed by atoms with E-state index in [1.54, 1.807) is 0 Å². The van der Waals surface area contributed by atoms with Gasteiger partial charge in [0.05, 0.1) is 44.0 Å². The molecule has 4 heterocycles. The van der Waals surface area contributed by atoms with Crippen LogP contribution in [0.2, 0.25) is 0 Å². The molecule has 0 aliphatic heterocycles. The highest BCUT2D eigenvalue weighted by atomic mass is 16.3. The van der Waals surface area contributed by atoms with Crippen molar-refractivity contribution in [2.75, 3.05) is 0 Å². The summed E-state index contributed by atoms with van der Waals surface area (Å²) in [6.45, 7) is 0. The van der Waals surface area contributed by atoms with Crippen molar-refractivity contribution < 1.29 is 4.42 Å². The van der Waals surface area contributed by atoms with Gasteiger partial charge in [0.2, 0.25) is 0 Å². The Morgan fingerprint density at radius 3 is 1.41 bits per heavy atom. The van der Waals surface area contributed by atoms with Crippen LogP contribution in [0, 0.1) is 0 Å². The average molecular weight is 752 g/mol. The zero-order valence-corrected chi connectivity index (χ0v) is 31.8. The molecule has 13 rings (SSSR count). The van der Waals surface area contributed by atoms with Gasteiger partial charge in [0, 0.05) is 43.9 Å². The molecule has 0 fully saturated rings. The van der Waals surface area contributed by atoms with Crippen molar-refractivity contribution in [1.29, 1.82) is 0 Å². The van der Waals surface area contributed by atoms with E-state index in [9.17, 15) is 0 Å². The lowest BCUT2D eigenvalue weighted by atomic mass is 9.97. The third kappa shape index (κ3) is 4.69. The molecular weight excluding hydrogens is 719 g/mol. The summed E-state index contributed by atoms with van der Waals surface area (Å²) in [5.41, 5.74) is 13.8. The van der Waals surface area contributed by atoms with Gasteiger partial charge in [0.25, 0.3) is 0 Å². The standard InChI is InChI=1S/C55H33N3O/c1-2-14-40-35(13-1)29-30-46-52(40)55-53(45-19-7-12-24-51(45)59-55)54(56-46)36-27-25-34(26-28-36)37-31-38(57-47-20-8-3-15-41(47)42-16-4-9-21-48(42)57)33-39(32-37)58-49-22-10-5-17-43(49)44-18-6-11-23-50(44)58/h1-33H. The van der Waals surface area contributed by atoms with Crippen LogP contribution in [-0.2, 0) is 0 Å². The summed E-state index contributed by atoms with van der Waals surface area (Å²) in [4.78, 5) is 5.39. The number of fused-ring (bicyclic) bond motifs is 13. The van der Waals surface area contributed by atoms with Gasteiger partial charge in [-0.2, -0.15) is 0 Å². The molecule has 0 N–H and O–H groups in total. The molecule has 0 saturated heterocycles. The fourth-order valence-corrected chi connectivity index (χ4v) is 9.68. The van der Waals surface area contributed by atoms with E-state index in [0.29, 0.717) is 0 Å². The van der Waals surface area contributed by atoms with Crippen molar-refractivity contribution >= 4 is 87.2 Å². The quantitative estimate of drug-likeness (QED) is 0.168. The lowest BCUT2D eigenvalue weighted by Gasteiger charge is -2.16. The first kappa shape index (κ1) is 32.2. The fraction of sp³-hybridized carbons (Fsp3) is 0. The normalized spacial score (nSPS) is 12.1. The second-order valence-corrected chi connectivity index (χ2v) is 15.5. The number of rotatable bonds is 4. The zero-order chi connectivity index (χ0) is 38.6. The van der Waals surface area contributed by atoms with E-state index < -0.39 is 0 Å². The summed E-state index contributed by atoms with van der Waals surface area (Å²) in [5, 5.41) is 10.4. The minimum atomic E-state index is 0.863. The third-order valence-electron chi connectivity index (χ3n) is 12.3. The molecule has 0 saturated carbocycles. The zero-order valence-electron chi connectivity index (χ0n) is 31.8. The maximum atomic E-state index is 6.70. The molecule has 0 amide bonds. The number of hydrogen-bond acceptors (Lipinski definition) is 2. The van der Waals surface area contributed by atoms with Crippen LogP contribution in [-0.4, -0.2) is 14.1 Å². The van der Waals surface area contributed by atoms with E-state index in [1.165, 1.54) is 49.0 Å². The monoisotopic (exact) mass is 751 g/mol. The largest absolute Gasteiger partial charge is 0.455 e. The SMILES string of the molecule is c1ccc2c(c1)ccc1nc(-c3ccc(-c4cc(-n5c6ccccc6c6ccccc65)cc(-n5c6ccccc6c6ccccc65)c4)cc3)c3c4ccccc4oc3c12. The first-order valence-electron chi connectivity index (χ1n) is 20.1. The Hall–Kier alpha value is -7.95. The molecular formula is C55H33N3O. The second kappa shape index (κ2) is 12.3. The molecule has 274 valence electrons. The smallest absolute Gasteiger partial charge is 0.147 e. The molecule has 59 heavy (non-hydrogen) atoms. The van der Waals surface area contributed by atoms with Crippen molar-refractivity contribution in [2.45, 2.75) is 0 Å². The number of nitrogens with zero attached hydrogens (tertiary/aromatic N) is 3. The Balaban J connectivity index is 1.05. The summed E-state index contributed by atoms with van der Waals surface area (Å²) < 4.78 is 11.5. The van der Waals surface area contributed by atoms with Gasteiger partial charge in [-0.25, -0.2) is 4.98 Å². The van der Waals surface area contributed by atoms with Crippen molar-refractivity contribution in [3.05, 3.63) is 200 Å². The van der Waals surface area contributed by atoms with Crippen LogP contribution < -0.4 is 0 Å². The first-order chi connectivity index (χ1) is 29.3. The molecule has 9 aromatic carbocycles. The Morgan fingerprint density at radius 1 is 0.356 bits per heavy atom. The molecule has 0 aliphatic carbocycles. The lowest BCUT2D eigenvalue weighted by molar-refractivity contribution is 0.673. The molecule has 0 spiro atoms. The van der Waals surface area contributed by atoms with Crippen LogP contribution in [0.25, 0.3) is 121 Å². The van der Waals surface area contributed by atoms with Crippen LogP contribution >= 0.6 is 0 Å². The topological polar surface area (TPSA) is 35.9 Å². The Labute approximate surface area is 338 Å². The number of furan rings is 1. The third-order valence-corrected chi connectivity index (χ3v) is 12.3. The van der Waals surface area contributed by atoms with Crippen LogP contribution in [0.5, 0.6) is 0 Å². The molecule has 0 radical (unpaired) electrons. The predicted octanol–water partition coefficient (Wildman–Crippen LogP) is 14.8. The van der Waals surface area contributed by atoms with Crippen molar-refractivity contribution in [1.82, 2.24) is 14.1 Å². The lowest BCUT2D eigenvalue weighted by Crippen LogP contribution is -2.00. The van der Waals surface area contributed by atoms with Gasteiger partial charge in [-0.05, 0) is 76.5 Å². The number of pyridine rings is 1. The van der Waals surface area contributed by atoms with E-state index in [2.05, 4.69) is 203 Å². The maximum Gasteiger partial charge on any atom is 0.147 e. The van der Waals surface area contributed by atoms with E-state index in [4.69, 9.17) is 9.40 Å². The predicted molar refractivity (Wildman–Crippen MR) is 246 cm³/mol. The van der Waals surface area contributed by atoms with Crippen LogP contribution in [0.15, 0.2) is 205 Å². The maximum absolute atomic E-state index is 6.70. The fourth-order valence-electron chi connectivity index (χ4n) is 9.68. The van der Waals surface area contributed by atoms with Crippen molar-refractivity contribution in [3.63, 3.8) is 0 Å². The highest BCUT2D eigenvalue weighted by Gasteiger charge is 2.21. The van der Waals surface area contributed by atoms with E-state index >= 15 is 0 Å². The summed E-state index contributed by atoms with van der Waals surface area (Å²) in [6.07, 6.45) is 0. The summed E-state index contributed by atoms with van der Waals surface area (Å²) in [5.74, 6) is 0.